The van der Waals surface area contributed by atoms with Gasteiger partial charge in [0, 0.05) is 0 Å². The summed E-state index contributed by atoms with van der Waals surface area (Å²) in [4.78, 5) is 4.46. The molecule has 3 nitrogen and oxygen atoms in total. The fraction of sp³-hybridized carbons (Fsp3) is 0.417. The highest BCUT2D eigenvalue weighted by Crippen LogP contribution is 2.26. The fourth-order valence-corrected chi connectivity index (χ4v) is 1.48. The Morgan fingerprint density at radius 2 is 2.20 bits per heavy atom. The Bertz CT molecular complexity index is 485. The summed E-state index contributed by atoms with van der Waals surface area (Å²) < 4.78 is 5.67. The van der Waals surface area contributed by atoms with Gasteiger partial charge in [-0.1, -0.05) is 19.1 Å². The summed E-state index contributed by atoms with van der Waals surface area (Å²) in [7, 11) is 0. The zero-order valence-electron chi connectivity index (χ0n) is 9.37. The molecule has 1 heterocycles. The van der Waals surface area contributed by atoms with E-state index in [4.69, 9.17) is 10.2 Å². The van der Waals surface area contributed by atoms with Crippen molar-refractivity contribution >= 4 is 11.1 Å². The minimum absolute atomic E-state index is 0.481. The molecule has 3 heteroatoms. The summed E-state index contributed by atoms with van der Waals surface area (Å²) >= 11 is 0. The van der Waals surface area contributed by atoms with Gasteiger partial charge >= 0.3 is 0 Å². The number of aromatic nitrogens is 1. The molecule has 2 rings (SSSR count). The second-order valence-electron chi connectivity index (χ2n) is 4.21. The maximum absolute atomic E-state index is 6.09. The highest BCUT2D eigenvalue weighted by atomic mass is 16.3. The third-order valence-corrected chi connectivity index (χ3v) is 2.84. The summed E-state index contributed by atoms with van der Waals surface area (Å²) in [6.45, 7) is 5.99. The van der Waals surface area contributed by atoms with Crippen molar-refractivity contribution in [3.63, 3.8) is 0 Å². The third-order valence-electron chi connectivity index (χ3n) is 2.84. The van der Waals surface area contributed by atoms with Crippen LogP contribution in [0.3, 0.4) is 0 Å². The first-order valence-corrected chi connectivity index (χ1v) is 5.20. The number of hydrogen-bond donors (Lipinski definition) is 1. The molecule has 0 radical (unpaired) electrons. The van der Waals surface area contributed by atoms with Gasteiger partial charge in [0.25, 0.3) is 0 Å². The van der Waals surface area contributed by atoms with Crippen molar-refractivity contribution in [2.45, 2.75) is 32.7 Å². The number of para-hydroxylation sites is 1. The van der Waals surface area contributed by atoms with E-state index in [9.17, 15) is 0 Å². The predicted octanol–water partition coefficient (Wildman–Crippen LogP) is 2.72. The van der Waals surface area contributed by atoms with Gasteiger partial charge in [-0.15, -0.1) is 0 Å². The van der Waals surface area contributed by atoms with Gasteiger partial charge in [-0.25, -0.2) is 4.98 Å². The number of nitrogens with zero attached hydrogens (tertiary/aromatic N) is 1. The number of nitrogens with two attached hydrogens (primary N) is 1. The van der Waals surface area contributed by atoms with Crippen LogP contribution in [0.15, 0.2) is 22.6 Å². The lowest BCUT2D eigenvalue weighted by molar-refractivity contribution is 0.356. The zero-order chi connectivity index (χ0) is 11.1. The number of benzene rings is 1. The summed E-state index contributed by atoms with van der Waals surface area (Å²) in [5, 5.41) is 0. The third kappa shape index (κ3) is 1.63. The van der Waals surface area contributed by atoms with Gasteiger partial charge in [-0.3, -0.25) is 0 Å². The van der Waals surface area contributed by atoms with Crippen LogP contribution in [0.25, 0.3) is 11.1 Å². The molecule has 1 unspecified atom stereocenters. The standard InChI is InChI=1S/C12H16N2O/c1-4-12(3,13)11-14-10-8(2)6-5-7-9(10)15-11/h5-7H,4,13H2,1-3H3. The van der Waals surface area contributed by atoms with Crippen molar-refractivity contribution < 1.29 is 4.42 Å². The van der Waals surface area contributed by atoms with E-state index in [1.165, 1.54) is 0 Å². The highest BCUT2D eigenvalue weighted by molar-refractivity contribution is 5.76. The molecule has 2 N–H and O–H groups in total. The topological polar surface area (TPSA) is 52.0 Å². The van der Waals surface area contributed by atoms with Crippen LogP contribution in [0.1, 0.15) is 31.7 Å². The van der Waals surface area contributed by atoms with Crippen molar-refractivity contribution in [1.82, 2.24) is 4.98 Å². The molecular formula is C12H16N2O. The van der Waals surface area contributed by atoms with Crippen molar-refractivity contribution in [2.75, 3.05) is 0 Å². The number of oxazole rings is 1. The Morgan fingerprint density at radius 3 is 2.80 bits per heavy atom. The maximum atomic E-state index is 6.09. The van der Waals surface area contributed by atoms with Crippen LogP contribution in [0.4, 0.5) is 0 Å². The predicted molar refractivity (Wildman–Crippen MR) is 60.6 cm³/mol. The van der Waals surface area contributed by atoms with E-state index in [0.29, 0.717) is 5.89 Å². The van der Waals surface area contributed by atoms with E-state index in [2.05, 4.69) is 4.98 Å². The molecular weight excluding hydrogens is 188 g/mol. The Hall–Kier alpha value is -1.35. The molecule has 0 fully saturated rings. The number of hydrogen-bond acceptors (Lipinski definition) is 3. The van der Waals surface area contributed by atoms with Crippen LogP contribution < -0.4 is 5.73 Å². The first kappa shape index (κ1) is 10.2. The van der Waals surface area contributed by atoms with Crippen molar-refractivity contribution in [1.29, 1.82) is 0 Å². The first-order valence-electron chi connectivity index (χ1n) is 5.20. The molecule has 0 saturated carbocycles. The van der Waals surface area contributed by atoms with Crippen LogP contribution in [0.2, 0.25) is 0 Å². The molecule has 1 atom stereocenters. The quantitative estimate of drug-likeness (QED) is 0.818. The number of fused-ring (bicyclic) bond motifs is 1. The van der Waals surface area contributed by atoms with E-state index in [1.807, 2.05) is 39.0 Å². The van der Waals surface area contributed by atoms with E-state index in [1.54, 1.807) is 0 Å². The summed E-state index contributed by atoms with van der Waals surface area (Å²) in [6.07, 6.45) is 0.804. The molecule has 0 bridgehead atoms. The summed E-state index contributed by atoms with van der Waals surface area (Å²) in [5.41, 5.74) is 8.46. The lowest BCUT2D eigenvalue weighted by atomic mass is 10.0. The monoisotopic (exact) mass is 204 g/mol. The molecule has 0 amide bonds. The molecule has 0 aliphatic carbocycles. The second-order valence-corrected chi connectivity index (χ2v) is 4.21. The van der Waals surface area contributed by atoms with E-state index in [-0.39, 0.29) is 0 Å². The summed E-state index contributed by atoms with van der Waals surface area (Å²) in [5.74, 6) is 0.620. The van der Waals surface area contributed by atoms with Gasteiger partial charge in [-0.05, 0) is 31.9 Å². The Balaban J connectivity index is 2.62. The summed E-state index contributed by atoms with van der Waals surface area (Å²) in [6, 6.07) is 5.91. The molecule has 0 saturated heterocycles. The SMILES string of the molecule is CCC(C)(N)c1nc2c(C)cccc2o1. The Kier molecular flexibility index (Phi) is 2.27. The van der Waals surface area contributed by atoms with Gasteiger partial charge in [0.15, 0.2) is 5.58 Å². The minimum Gasteiger partial charge on any atom is -0.439 e. The fourth-order valence-electron chi connectivity index (χ4n) is 1.48. The largest absolute Gasteiger partial charge is 0.439 e. The van der Waals surface area contributed by atoms with Gasteiger partial charge < -0.3 is 10.2 Å². The van der Waals surface area contributed by atoms with Gasteiger partial charge in [-0.2, -0.15) is 0 Å². The first-order chi connectivity index (χ1) is 7.04. The normalized spacial score (nSPS) is 15.5. The number of aryl methyl sites for hydroxylation is 1. The van der Waals surface area contributed by atoms with Gasteiger partial charge in [0.05, 0.1) is 5.54 Å². The zero-order valence-corrected chi connectivity index (χ0v) is 9.37. The Labute approximate surface area is 89.3 Å². The molecule has 0 spiro atoms. The van der Waals surface area contributed by atoms with Crippen LogP contribution in [0.5, 0.6) is 0 Å². The second kappa shape index (κ2) is 3.35. The minimum atomic E-state index is -0.481. The molecule has 0 aliphatic rings. The lowest BCUT2D eigenvalue weighted by Crippen LogP contribution is -2.32. The Morgan fingerprint density at radius 1 is 1.47 bits per heavy atom. The molecule has 2 aromatic rings. The van der Waals surface area contributed by atoms with Crippen LogP contribution in [-0.2, 0) is 5.54 Å². The van der Waals surface area contributed by atoms with Crippen molar-refractivity contribution in [3.8, 4) is 0 Å². The van der Waals surface area contributed by atoms with Crippen LogP contribution in [-0.4, -0.2) is 4.98 Å². The van der Waals surface area contributed by atoms with Crippen LogP contribution in [0, 0.1) is 6.92 Å². The average Bonchev–Trinajstić information content (AvgIpc) is 2.64. The molecule has 1 aromatic heterocycles. The molecule has 1 aromatic carbocycles. The maximum Gasteiger partial charge on any atom is 0.215 e. The molecule has 0 aliphatic heterocycles. The highest BCUT2D eigenvalue weighted by Gasteiger charge is 2.25. The molecule has 80 valence electrons. The van der Waals surface area contributed by atoms with E-state index >= 15 is 0 Å². The average molecular weight is 204 g/mol. The lowest BCUT2D eigenvalue weighted by Gasteiger charge is -2.17. The van der Waals surface area contributed by atoms with Gasteiger partial charge in [0.2, 0.25) is 5.89 Å². The molecule has 15 heavy (non-hydrogen) atoms. The van der Waals surface area contributed by atoms with Crippen molar-refractivity contribution in [3.05, 3.63) is 29.7 Å². The number of rotatable bonds is 2. The smallest absolute Gasteiger partial charge is 0.215 e. The van der Waals surface area contributed by atoms with E-state index in [0.717, 1.165) is 23.1 Å². The van der Waals surface area contributed by atoms with Crippen LogP contribution >= 0.6 is 0 Å². The van der Waals surface area contributed by atoms with Gasteiger partial charge in [0.1, 0.15) is 5.52 Å². The van der Waals surface area contributed by atoms with Crippen molar-refractivity contribution in [2.24, 2.45) is 5.73 Å². The van der Waals surface area contributed by atoms with E-state index < -0.39 is 5.54 Å².